The molecule has 3 aliphatic heterocycles. The Balaban J connectivity index is 1.04. The number of ether oxygens (including phenoxy) is 2. The summed E-state index contributed by atoms with van der Waals surface area (Å²) >= 11 is 0. The Morgan fingerprint density at radius 3 is 2.50 bits per heavy atom. The first kappa shape index (κ1) is 25.2. The van der Waals surface area contributed by atoms with Crippen molar-refractivity contribution in [2.45, 2.75) is 57.5 Å². The van der Waals surface area contributed by atoms with Crippen molar-refractivity contribution in [3.8, 4) is 5.88 Å². The number of benzene rings is 1. The molecule has 40 heavy (non-hydrogen) atoms. The number of aromatic nitrogens is 4. The fraction of sp³-hybridized carbons (Fsp3) is 0.500. The third-order valence-corrected chi connectivity index (χ3v) is 8.57. The Morgan fingerprint density at radius 1 is 0.875 bits per heavy atom. The predicted octanol–water partition coefficient (Wildman–Crippen LogP) is 3.28. The number of hydrogen-bond donors (Lipinski definition) is 1. The standard InChI is InChI=1S/C30H34N6O4/c37-29(36-10-6-25-27(17-36)33-34-32-25)22-3-4-23-16-35(9-5-21(23)13-22)30(38)24-14-26(20-1-2-20)31-28(15-24)40-18-19-7-11-39-12-8-19/h3-4,13-15,19-20H,1-2,5-12,16-18H2,(H,32,33,34). The molecule has 3 aromatic rings. The molecular weight excluding hydrogens is 508 g/mol. The Kier molecular flexibility index (Phi) is 6.71. The van der Waals surface area contributed by atoms with Gasteiger partial charge in [-0.05, 0) is 67.3 Å². The predicted molar refractivity (Wildman–Crippen MR) is 145 cm³/mol. The second-order valence-corrected chi connectivity index (χ2v) is 11.4. The first-order valence-electron chi connectivity index (χ1n) is 14.4. The van der Waals surface area contributed by atoms with E-state index in [1.54, 1.807) is 0 Å². The van der Waals surface area contributed by atoms with Gasteiger partial charge in [0, 0.05) is 68.1 Å². The van der Waals surface area contributed by atoms with E-state index < -0.39 is 0 Å². The van der Waals surface area contributed by atoms with Gasteiger partial charge in [0.1, 0.15) is 5.69 Å². The molecule has 4 aliphatic rings. The minimum atomic E-state index is 0.00255. The molecule has 208 valence electrons. The highest BCUT2D eigenvalue weighted by Crippen LogP contribution is 2.40. The van der Waals surface area contributed by atoms with E-state index >= 15 is 0 Å². The largest absolute Gasteiger partial charge is 0.477 e. The van der Waals surface area contributed by atoms with E-state index in [-0.39, 0.29) is 11.8 Å². The summed E-state index contributed by atoms with van der Waals surface area (Å²) in [7, 11) is 0. The Bertz CT molecular complexity index is 1430. The van der Waals surface area contributed by atoms with Gasteiger partial charge in [0.15, 0.2) is 0 Å². The van der Waals surface area contributed by atoms with Crippen LogP contribution < -0.4 is 4.74 Å². The lowest BCUT2D eigenvalue weighted by Crippen LogP contribution is -2.37. The molecule has 1 N–H and O–H groups in total. The third kappa shape index (κ3) is 5.20. The monoisotopic (exact) mass is 542 g/mol. The number of amides is 2. The van der Waals surface area contributed by atoms with Crippen LogP contribution in [0.25, 0.3) is 0 Å². The summed E-state index contributed by atoms with van der Waals surface area (Å²) in [5, 5.41) is 11.0. The fourth-order valence-corrected chi connectivity index (χ4v) is 5.93. The Labute approximate surface area is 233 Å². The number of pyridine rings is 1. The molecule has 0 unspecified atom stereocenters. The van der Waals surface area contributed by atoms with Gasteiger partial charge in [-0.1, -0.05) is 6.07 Å². The van der Waals surface area contributed by atoms with Crippen LogP contribution in [0.15, 0.2) is 30.3 Å². The summed E-state index contributed by atoms with van der Waals surface area (Å²) in [5.74, 6) is 1.45. The lowest BCUT2D eigenvalue weighted by atomic mass is 9.96. The SMILES string of the molecule is O=C(c1cc(OCC2CCOCC2)nc(C2CC2)c1)N1CCc2cc(C(=O)N3CCc4n[nH]nc4C3)ccc2C1. The van der Waals surface area contributed by atoms with E-state index in [1.807, 2.05) is 40.1 Å². The van der Waals surface area contributed by atoms with Crippen molar-refractivity contribution in [1.29, 1.82) is 0 Å². The van der Waals surface area contributed by atoms with Gasteiger partial charge in [-0.15, -0.1) is 0 Å². The van der Waals surface area contributed by atoms with E-state index in [0.29, 0.717) is 74.5 Å². The van der Waals surface area contributed by atoms with Crippen molar-refractivity contribution in [3.63, 3.8) is 0 Å². The minimum Gasteiger partial charge on any atom is -0.477 e. The van der Waals surface area contributed by atoms with Crippen molar-refractivity contribution in [2.24, 2.45) is 5.92 Å². The Morgan fingerprint density at radius 2 is 1.65 bits per heavy atom. The highest BCUT2D eigenvalue weighted by atomic mass is 16.5. The topological polar surface area (TPSA) is 114 Å². The summed E-state index contributed by atoms with van der Waals surface area (Å²) in [5.41, 5.74) is 6.28. The maximum absolute atomic E-state index is 13.7. The van der Waals surface area contributed by atoms with Crippen LogP contribution in [0.3, 0.4) is 0 Å². The molecule has 0 spiro atoms. The molecule has 1 saturated heterocycles. The average Bonchev–Trinajstić information content (AvgIpc) is 3.76. The molecule has 2 fully saturated rings. The van der Waals surface area contributed by atoms with Gasteiger partial charge in [-0.25, -0.2) is 4.98 Å². The van der Waals surface area contributed by atoms with Gasteiger partial charge < -0.3 is 19.3 Å². The summed E-state index contributed by atoms with van der Waals surface area (Å²) in [6.07, 6.45) is 5.63. The molecule has 1 saturated carbocycles. The number of carbonyl (C=O) groups excluding carboxylic acids is 2. The van der Waals surface area contributed by atoms with Crippen molar-refractivity contribution in [3.05, 3.63) is 69.7 Å². The highest BCUT2D eigenvalue weighted by Gasteiger charge is 2.30. The number of carbonyl (C=O) groups is 2. The van der Waals surface area contributed by atoms with Crippen LogP contribution in [0.1, 0.15) is 80.5 Å². The molecule has 0 atom stereocenters. The van der Waals surface area contributed by atoms with Crippen LogP contribution in [-0.4, -0.2) is 74.9 Å². The maximum atomic E-state index is 13.7. The Hall–Kier alpha value is -3.79. The van der Waals surface area contributed by atoms with E-state index in [9.17, 15) is 9.59 Å². The van der Waals surface area contributed by atoms with E-state index in [2.05, 4.69) is 15.4 Å². The maximum Gasteiger partial charge on any atom is 0.254 e. The van der Waals surface area contributed by atoms with Crippen LogP contribution in [0.2, 0.25) is 0 Å². The molecule has 2 amide bonds. The summed E-state index contributed by atoms with van der Waals surface area (Å²) in [6, 6.07) is 9.64. The van der Waals surface area contributed by atoms with Crippen LogP contribution in [0.4, 0.5) is 0 Å². The summed E-state index contributed by atoms with van der Waals surface area (Å²) in [4.78, 5) is 35.4. The molecular formula is C30H34N6O4. The fourth-order valence-electron chi connectivity index (χ4n) is 5.93. The van der Waals surface area contributed by atoms with Crippen molar-refractivity contribution in [1.82, 2.24) is 30.2 Å². The number of nitrogens with one attached hydrogen (secondary N) is 1. The molecule has 0 bridgehead atoms. The number of rotatable bonds is 6. The van der Waals surface area contributed by atoms with Gasteiger partial charge in [0.25, 0.3) is 11.8 Å². The second-order valence-electron chi connectivity index (χ2n) is 11.4. The zero-order valence-electron chi connectivity index (χ0n) is 22.6. The van der Waals surface area contributed by atoms with Gasteiger partial charge in [-0.3, -0.25) is 9.59 Å². The zero-order valence-corrected chi connectivity index (χ0v) is 22.6. The smallest absolute Gasteiger partial charge is 0.254 e. The lowest BCUT2D eigenvalue weighted by Gasteiger charge is -2.30. The van der Waals surface area contributed by atoms with Crippen LogP contribution in [-0.2, 0) is 30.7 Å². The minimum absolute atomic E-state index is 0.00255. The molecule has 7 rings (SSSR count). The van der Waals surface area contributed by atoms with Crippen molar-refractivity contribution in [2.75, 3.05) is 32.9 Å². The average molecular weight is 543 g/mol. The normalized spacial score (nSPS) is 19.2. The molecule has 2 aromatic heterocycles. The highest BCUT2D eigenvalue weighted by molar-refractivity contribution is 5.96. The zero-order chi connectivity index (χ0) is 27.1. The van der Waals surface area contributed by atoms with Gasteiger partial charge in [-0.2, -0.15) is 15.4 Å². The number of aromatic amines is 1. The van der Waals surface area contributed by atoms with Crippen molar-refractivity contribution >= 4 is 11.8 Å². The van der Waals surface area contributed by atoms with Crippen LogP contribution in [0, 0.1) is 5.92 Å². The van der Waals surface area contributed by atoms with E-state index in [1.165, 1.54) is 0 Å². The van der Waals surface area contributed by atoms with E-state index in [4.69, 9.17) is 14.5 Å². The number of hydrogen-bond acceptors (Lipinski definition) is 7. The summed E-state index contributed by atoms with van der Waals surface area (Å²) in [6.45, 7) is 4.39. The quantitative estimate of drug-likeness (QED) is 0.509. The second kappa shape index (κ2) is 10.6. The molecule has 1 aliphatic carbocycles. The lowest BCUT2D eigenvalue weighted by molar-refractivity contribution is 0.0489. The van der Waals surface area contributed by atoms with E-state index in [0.717, 1.165) is 67.1 Å². The van der Waals surface area contributed by atoms with Crippen LogP contribution >= 0.6 is 0 Å². The third-order valence-electron chi connectivity index (χ3n) is 8.57. The first-order valence-corrected chi connectivity index (χ1v) is 14.4. The molecule has 10 heteroatoms. The van der Waals surface area contributed by atoms with Gasteiger partial charge >= 0.3 is 0 Å². The summed E-state index contributed by atoms with van der Waals surface area (Å²) < 4.78 is 11.6. The van der Waals surface area contributed by atoms with Gasteiger partial charge in [0.05, 0.1) is 18.8 Å². The van der Waals surface area contributed by atoms with Gasteiger partial charge in [0.2, 0.25) is 5.88 Å². The number of fused-ring (bicyclic) bond motifs is 2. The number of nitrogens with zero attached hydrogens (tertiary/aromatic N) is 5. The first-order chi connectivity index (χ1) is 19.6. The number of H-pyrrole nitrogens is 1. The molecule has 5 heterocycles. The van der Waals surface area contributed by atoms with Crippen LogP contribution in [0.5, 0.6) is 5.88 Å². The van der Waals surface area contributed by atoms with Crippen molar-refractivity contribution < 1.29 is 19.1 Å². The molecule has 1 aromatic carbocycles. The molecule has 0 radical (unpaired) electrons. The molecule has 10 nitrogen and oxygen atoms in total.